The molecule has 92 valence electrons. The number of hydrogen-bond donors (Lipinski definition) is 0. The van der Waals surface area contributed by atoms with Crippen molar-refractivity contribution in [1.29, 1.82) is 0 Å². The molecule has 0 radical (unpaired) electrons. The molecular formula is C11H27GeNOS. The van der Waals surface area contributed by atoms with Gasteiger partial charge in [-0.25, -0.2) is 0 Å². The van der Waals surface area contributed by atoms with Crippen LogP contribution in [0.15, 0.2) is 0 Å². The Labute approximate surface area is 110 Å². The van der Waals surface area contributed by atoms with Crippen LogP contribution < -0.4 is 0 Å². The molecule has 0 spiro atoms. The van der Waals surface area contributed by atoms with Crippen LogP contribution >= 0.6 is 11.8 Å². The Hall–Kier alpha value is 0.363. The molecule has 0 N–H and O–H groups in total. The van der Waals surface area contributed by atoms with Crippen LogP contribution in [0, 0.1) is 11.8 Å². The number of rotatable bonds is 5. The molecule has 2 nitrogen and oxygen atoms in total. The standard InChI is InChI=1S/C11H23NOS.GeH4/c1-6-14-11(13)12(7-9(2)3)8-10(4)5;/h9-10H,6-8H2,1-5H3;1H4. The third-order valence-electron chi connectivity index (χ3n) is 1.70. The van der Waals surface area contributed by atoms with Gasteiger partial charge in [0.05, 0.1) is 0 Å². The van der Waals surface area contributed by atoms with Gasteiger partial charge in [-0.15, -0.1) is 0 Å². The number of nitrogens with zero attached hydrogens (tertiary/aromatic N) is 1. The van der Waals surface area contributed by atoms with E-state index in [1.165, 1.54) is 11.8 Å². The monoisotopic (exact) mass is 295 g/mol. The molecular weight excluding hydrogens is 267 g/mol. The molecule has 0 aromatic heterocycles. The summed E-state index contributed by atoms with van der Waals surface area (Å²) in [4.78, 5) is 13.7. The summed E-state index contributed by atoms with van der Waals surface area (Å²) >= 11 is 1.41. The third kappa shape index (κ3) is 9.30. The van der Waals surface area contributed by atoms with Gasteiger partial charge < -0.3 is 4.90 Å². The van der Waals surface area contributed by atoms with E-state index in [2.05, 4.69) is 27.7 Å². The Kier molecular flexibility index (Phi) is 11.3. The first-order valence-electron chi connectivity index (χ1n) is 5.39. The minimum absolute atomic E-state index is 0. The summed E-state index contributed by atoms with van der Waals surface area (Å²) in [6.07, 6.45) is 0. The van der Waals surface area contributed by atoms with E-state index in [0.29, 0.717) is 11.8 Å². The molecule has 15 heavy (non-hydrogen) atoms. The number of thioether (sulfide) groups is 1. The first-order chi connectivity index (χ1) is 6.47. The van der Waals surface area contributed by atoms with Crippen LogP contribution in [0.4, 0.5) is 4.79 Å². The molecule has 0 heterocycles. The summed E-state index contributed by atoms with van der Waals surface area (Å²) in [5, 5.41) is 0.231. The van der Waals surface area contributed by atoms with Crippen LogP contribution in [0.2, 0.25) is 0 Å². The van der Waals surface area contributed by atoms with Gasteiger partial charge >= 0.3 is 17.6 Å². The average molecular weight is 294 g/mol. The molecule has 0 aliphatic rings. The van der Waals surface area contributed by atoms with Crippen LogP contribution in [0.25, 0.3) is 0 Å². The van der Waals surface area contributed by atoms with Crippen molar-refractivity contribution in [2.24, 2.45) is 11.8 Å². The van der Waals surface area contributed by atoms with Gasteiger partial charge in [0, 0.05) is 13.1 Å². The second-order valence-corrected chi connectivity index (χ2v) is 5.61. The predicted octanol–water partition coefficient (Wildman–Crippen LogP) is 2.02. The summed E-state index contributed by atoms with van der Waals surface area (Å²) in [7, 11) is 0. The normalized spacial score (nSPS) is 10.3. The van der Waals surface area contributed by atoms with Crippen LogP contribution in [0.3, 0.4) is 0 Å². The van der Waals surface area contributed by atoms with Gasteiger partial charge in [-0.3, -0.25) is 4.79 Å². The SMILES string of the molecule is CCSC(=O)N(CC(C)C)CC(C)C.[GeH4]. The Morgan fingerprint density at radius 2 is 1.53 bits per heavy atom. The fourth-order valence-electron chi connectivity index (χ4n) is 1.32. The van der Waals surface area contributed by atoms with E-state index in [9.17, 15) is 4.79 Å². The maximum absolute atomic E-state index is 11.7. The summed E-state index contributed by atoms with van der Waals surface area (Å²) in [5.74, 6) is 1.97. The summed E-state index contributed by atoms with van der Waals surface area (Å²) in [6, 6.07) is 0. The number of carbonyl (C=O) groups is 1. The van der Waals surface area contributed by atoms with E-state index in [0.717, 1.165) is 18.8 Å². The molecule has 0 rings (SSSR count). The minimum atomic E-state index is 0. The zero-order valence-electron chi connectivity index (χ0n) is 10.0. The number of amides is 1. The van der Waals surface area contributed by atoms with Crippen molar-refractivity contribution >= 4 is 34.6 Å². The zero-order chi connectivity index (χ0) is 11.1. The summed E-state index contributed by atoms with van der Waals surface area (Å²) in [5.41, 5.74) is 0. The molecule has 0 aromatic rings. The van der Waals surface area contributed by atoms with Gasteiger partial charge in [0.25, 0.3) is 5.24 Å². The number of hydrogen-bond acceptors (Lipinski definition) is 2. The molecule has 0 aliphatic heterocycles. The molecule has 0 saturated heterocycles. The fourth-order valence-corrected chi connectivity index (χ4v) is 1.90. The molecule has 0 aliphatic carbocycles. The summed E-state index contributed by atoms with van der Waals surface area (Å²) < 4.78 is 0. The van der Waals surface area contributed by atoms with Crippen molar-refractivity contribution in [1.82, 2.24) is 4.90 Å². The predicted molar refractivity (Wildman–Crippen MR) is 76.1 cm³/mol. The van der Waals surface area contributed by atoms with Crippen molar-refractivity contribution in [3.63, 3.8) is 0 Å². The van der Waals surface area contributed by atoms with E-state index in [-0.39, 0.29) is 22.8 Å². The van der Waals surface area contributed by atoms with E-state index in [4.69, 9.17) is 0 Å². The Morgan fingerprint density at radius 3 is 1.80 bits per heavy atom. The van der Waals surface area contributed by atoms with E-state index in [1.807, 2.05) is 11.8 Å². The van der Waals surface area contributed by atoms with E-state index < -0.39 is 0 Å². The maximum atomic E-state index is 11.7. The van der Waals surface area contributed by atoms with Crippen LogP contribution in [-0.2, 0) is 0 Å². The van der Waals surface area contributed by atoms with Crippen molar-refractivity contribution in [3.05, 3.63) is 0 Å². The van der Waals surface area contributed by atoms with E-state index in [1.54, 1.807) is 0 Å². The number of carbonyl (C=O) groups excluding carboxylic acids is 1. The van der Waals surface area contributed by atoms with Crippen LogP contribution in [0.1, 0.15) is 34.6 Å². The Morgan fingerprint density at radius 1 is 1.13 bits per heavy atom. The first kappa shape index (κ1) is 17.7. The van der Waals surface area contributed by atoms with Crippen LogP contribution in [0.5, 0.6) is 0 Å². The zero-order valence-corrected chi connectivity index (χ0v) is 10.9. The van der Waals surface area contributed by atoms with Crippen molar-refractivity contribution in [2.45, 2.75) is 34.6 Å². The average Bonchev–Trinajstić information content (AvgIpc) is 2.01. The third-order valence-corrected chi connectivity index (χ3v) is 2.49. The second kappa shape index (κ2) is 9.58. The molecule has 4 heteroatoms. The Bertz CT molecular complexity index is 164. The topological polar surface area (TPSA) is 20.3 Å². The van der Waals surface area contributed by atoms with Gasteiger partial charge in [0.15, 0.2) is 0 Å². The molecule has 0 fully saturated rings. The molecule has 0 bridgehead atoms. The quantitative estimate of drug-likeness (QED) is 0.723. The molecule has 0 atom stereocenters. The summed E-state index contributed by atoms with van der Waals surface area (Å²) in [6.45, 7) is 12.4. The van der Waals surface area contributed by atoms with Gasteiger partial charge in [-0.2, -0.15) is 0 Å². The second-order valence-electron chi connectivity index (χ2n) is 4.39. The molecule has 1 amide bonds. The fraction of sp³-hybridized carbons (Fsp3) is 0.909. The Balaban J connectivity index is 0. The molecule has 0 unspecified atom stereocenters. The van der Waals surface area contributed by atoms with E-state index >= 15 is 0 Å². The molecule has 0 saturated carbocycles. The van der Waals surface area contributed by atoms with Gasteiger partial charge in [-0.05, 0) is 17.6 Å². The van der Waals surface area contributed by atoms with Crippen LogP contribution in [-0.4, -0.2) is 46.6 Å². The van der Waals surface area contributed by atoms with Crippen molar-refractivity contribution < 1.29 is 4.79 Å². The first-order valence-corrected chi connectivity index (χ1v) is 6.37. The van der Waals surface area contributed by atoms with Gasteiger partial charge in [0.1, 0.15) is 0 Å². The molecule has 0 aromatic carbocycles. The van der Waals surface area contributed by atoms with Crippen molar-refractivity contribution in [3.8, 4) is 0 Å². The van der Waals surface area contributed by atoms with Gasteiger partial charge in [0.2, 0.25) is 0 Å². The van der Waals surface area contributed by atoms with Crippen molar-refractivity contribution in [2.75, 3.05) is 18.8 Å². The van der Waals surface area contributed by atoms with Gasteiger partial charge in [-0.1, -0.05) is 46.4 Å².